The van der Waals surface area contributed by atoms with E-state index >= 15 is 0 Å². The number of anilines is 1. The minimum absolute atomic E-state index is 0.0731. The third-order valence-electron chi connectivity index (χ3n) is 7.22. The lowest BCUT2D eigenvalue weighted by Crippen LogP contribution is -2.58. The van der Waals surface area contributed by atoms with Gasteiger partial charge in [-0.3, -0.25) is 19.6 Å². The van der Waals surface area contributed by atoms with Gasteiger partial charge in [-0.2, -0.15) is 0 Å². The zero-order valence-electron chi connectivity index (χ0n) is 26.0. The topological polar surface area (TPSA) is 122 Å². The Morgan fingerprint density at radius 3 is 2.40 bits per heavy atom. The van der Waals surface area contributed by atoms with Crippen LogP contribution in [0.1, 0.15) is 51.7 Å². The number of hydrogen-bond donors (Lipinski definition) is 3. The molecule has 9 nitrogen and oxygen atoms in total. The first-order chi connectivity index (χ1) is 20.7. The molecule has 3 aromatic heterocycles. The van der Waals surface area contributed by atoms with Crippen LogP contribution in [0.3, 0.4) is 0 Å². The Labute approximate surface area is 258 Å². The molecule has 4 aromatic rings. The number of fused-ring (bicyclic) bond motifs is 1. The molecule has 4 N–H and O–H groups in total. The normalized spacial score (nSPS) is 12.4. The molecule has 2 amide bonds. The van der Waals surface area contributed by atoms with Crippen LogP contribution in [0, 0.1) is 6.92 Å². The molecule has 0 radical (unpaired) electrons. The molecule has 0 unspecified atom stereocenters. The second-order valence-electron chi connectivity index (χ2n) is 10.4. The van der Waals surface area contributed by atoms with Gasteiger partial charge in [-0.05, 0) is 67.6 Å². The molecule has 1 aliphatic heterocycles. The van der Waals surface area contributed by atoms with E-state index in [1.54, 1.807) is 22.4 Å². The molecule has 0 atom stereocenters. The molecule has 1 aromatic carbocycles. The van der Waals surface area contributed by atoms with Crippen molar-refractivity contribution in [2.45, 2.75) is 66.0 Å². The molecule has 1 fully saturated rings. The summed E-state index contributed by atoms with van der Waals surface area (Å²) in [4.78, 5) is 32.3. The van der Waals surface area contributed by atoms with Gasteiger partial charge in [-0.15, -0.1) is 11.3 Å². The standard InChI is InChI=1S/C22H21N3OS.C6H10N2O2.C5H13N/c1-4-15-5-7-17(25-13-15)21-12-18-22(27-21)20(9-10-24-18)26-19-8-6-16(23-3)11-14(19)2;1-5(10)8-2-6(3-8)7-4-9;1-3-5(6)4-2/h5-13,23H,4H2,1-3H3;4,6H,2-3H2,1H3,(H,7,9);5H,3-4,6H2,1-2H3. The lowest BCUT2D eigenvalue weighted by atomic mass is 10.1. The predicted molar refractivity (Wildman–Crippen MR) is 177 cm³/mol. The van der Waals surface area contributed by atoms with Crippen LogP contribution in [0.4, 0.5) is 5.69 Å². The van der Waals surface area contributed by atoms with E-state index in [-0.39, 0.29) is 11.9 Å². The van der Waals surface area contributed by atoms with Crippen LogP contribution >= 0.6 is 11.3 Å². The monoisotopic (exact) mass is 604 g/mol. The molecule has 0 saturated carbocycles. The van der Waals surface area contributed by atoms with Crippen LogP contribution in [-0.4, -0.2) is 59.4 Å². The maximum atomic E-state index is 10.6. The summed E-state index contributed by atoms with van der Waals surface area (Å²) in [6, 6.07) is 14.9. The number of benzene rings is 1. The summed E-state index contributed by atoms with van der Waals surface area (Å²) in [5, 5.41) is 5.74. The quantitative estimate of drug-likeness (QED) is 0.196. The van der Waals surface area contributed by atoms with E-state index < -0.39 is 0 Å². The number of carbonyl (C=O) groups excluding carboxylic acids is 2. The molecule has 0 spiro atoms. The fourth-order valence-electron chi connectivity index (χ4n) is 4.16. The van der Waals surface area contributed by atoms with Crippen LogP contribution in [0.25, 0.3) is 20.8 Å². The maximum Gasteiger partial charge on any atom is 0.219 e. The van der Waals surface area contributed by atoms with Gasteiger partial charge in [0.1, 0.15) is 11.5 Å². The van der Waals surface area contributed by atoms with Crippen LogP contribution in [0.2, 0.25) is 0 Å². The molecule has 230 valence electrons. The molecule has 4 heterocycles. The highest BCUT2D eigenvalue weighted by atomic mass is 32.1. The number of thiophene rings is 1. The number of nitrogens with zero attached hydrogens (tertiary/aromatic N) is 3. The van der Waals surface area contributed by atoms with Gasteiger partial charge in [0.15, 0.2) is 0 Å². The second-order valence-corrected chi connectivity index (χ2v) is 11.4. The van der Waals surface area contributed by atoms with Gasteiger partial charge in [0, 0.05) is 57.3 Å². The van der Waals surface area contributed by atoms with Crippen molar-refractivity contribution < 1.29 is 14.3 Å². The molecule has 1 aliphatic rings. The van der Waals surface area contributed by atoms with E-state index in [0.717, 1.165) is 62.8 Å². The summed E-state index contributed by atoms with van der Waals surface area (Å²) in [7, 11) is 1.91. The van der Waals surface area contributed by atoms with E-state index in [2.05, 4.69) is 65.6 Å². The van der Waals surface area contributed by atoms with E-state index in [0.29, 0.717) is 25.5 Å². The Kier molecular flexibility index (Phi) is 12.9. The number of nitrogens with one attached hydrogen (secondary N) is 2. The summed E-state index contributed by atoms with van der Waals surface area (Å²) in [5.41, 5.74) is 10.8. The summed E-state index contributed by atoms with van der Waals surface area (Å²) in [6.07, 6.45) is 7.61. The Morgan fingerprint density at radius 1 is 1.12 bits per heavy atom. The summed E-state index contributed by atoms with van der Waals surface area (Å²) in [5.74, 6) is 1.74. The Hall–Kier alpha value is -4.02. The number of hydrogen-bond acceptors (Lipinski definition) is 8. The molecule has 1 saturated heterocycles. The maximum absolute atomic E-state index is 10.6. The molecule has 0 bridgehead atoms. The van der Waals surface area contributed by atoms with Crippen LogP contribution in [-0.2, 0) is 16.0 Å². The van der Waals surface area contributed by atoms with E-state index in [1.807, 2.05) is 38.4 Å². The Morgan fingerprint density at radius 2 is 1.86 bits per heavy atom. The van der Waals surface area contributed by atoms with Gasteiger partial charge in [-0.1, -0.05) is 26.8 Å². The summed E-state index contributed by atoms with van der Waals surface area (Å²) < 4.78 is 7.26. The highest BCUT2D eigenvalue weighted by Crippen LogP contribution is 2.39. The smallest absolute Gasteiger partial charge is 0.219 e. The largest absolute Gasteiger partial charge is 0.455 e. The van der Waals surface area contributed by atoms with Crippen LogP contribution in [0.15, 0.2) is 54.9 Å². The number of amides is 2. The number of rotatable bonds is 9. The summed E-state index contributed by atoms with van der Waals surface area (Å²) >= 11 is 1.66. The third-order valence-corrected chi connectivity index (χ3v) is 8.39. The van der Waals surface area contributed by atoms with E-state index in [9.17, 15) is 9.59 Å². The van der Waals surface area contributed by atoms with Crippen molar-refractivity contribution in [3.8, 4) is 22.1 Å². The fourth-order valence-corrected chi connectivity index (χ4v) is 5.21. The number of likely N-dealkylation sites (tertiary alicyclic amines) is 1. The molecule has 10 heteroatoms. The zero-order valence-corrected chi connectivity index (χ0v) is 26.8. The van der Waals surface area contributed by atoms with Crippen molar-refractivity contribution in [3.63, 3.8) is 0 Å². The van der Waals surface area contributed by atoms with Gasteiger partial charge in [-0.25, -0.2) is 0 Å². The molecular weight excluding hydrogens is 560 g/mol. The average molecular weight is 605 g/mol. The van der Waals surface area contributed by atoms with Gasteiger partial charge < -0.3 is 26.0 Å². The first kappa shape index (κ1) is 33.5. The molecule has 43 heavy (non-hydrogen) atoms. The minimum atomic E-state index is 0.0731. The van der Waals surface area contributed by atoms with Crippen molar-refractivity contribution in [2.75, 3.05) is 25.5 Å². The Bertz CT molecular complexity index is 1460. The average Bonchev–Trinajstić information content (AvgIpc) is 3.45. The highest BCUT2D eigenvalue weighted by Gasteiger charge is 2.27. The zero-order chi connectivity index (χ0) is 31.4. The number of ether oxygens (including phenoxy) is 1. The van der Waals surface area contributed by atoms with Gasteiger partial charge in [0.2, 0.25) is 12.3 Å². The first-order valence-electron chi connectivity index (χ1n) is 14.7. The van der Waals surface area contributed by atoms with Crippen molar-refractivity contribution >= 4 is 39.6 Å². The third kappa shape index (κ3) is 9.49. The molecular formula is C33H44N6O3S. The van der Waals surface area contributed by atoms with Gasteiger partial charge in [0.25, 0.3) is 0 Å². The minimum Gasteiger partial charge on any atom is -0.455 e. The number of carbonyl (C=O) groups is 2. The lowest BCUT2D eigenvalue weighted by molar-refractivity contribution is -0.134. The highest BCUT2D eigenvalue weighted by molar-refractivity contribution is 7.22. The van der Waals surface area contributed by atoms with E-state index in [4.69, 9.17) is 10.5 Å². The van der Waals surface area contributed by atoms with Gasteiger partial charge >= 0.3 is 0 Å². The Balaban J connectivity index is 0.000000260. The van der Waals surface area contributed by atoms with Crippen LogP contribution in [0.5, 0.6) is 11.5 Å². The van der Waals surface area contributed by atoms with Crippen LogP contribution < -0.4 is 21.1 Å². The van der Waals surface area contributed by atoms with Crippen molar-refractivity contribution in [1.29, 1.82) is 0 Å². The van der Waals surface area contributed by atoms with Crippen molar-refractivity contribution in [1.82, 2.24) is 20.2 Å². The number of aromatic nitrogens is 2. The second kappa shape index (κ2) is 16.6. The molecule has 5 rings (SSSR count). The lowest BCUT2D eigenvalue weighted by Gasteiger charge is -2.37. The van der Waals surface area contributed by atoms with Crippen molar-refractivity contribution in [3.05, 3.63) is 66.0 Å². The van der Waals surface area contributed by atoms with E-state index in [1.165, 1.54) is 12.5 Å². The van der Waals surface area contributed by atoms with Crippen molar-refractivity contribution in [2.24, 2.45) is 5.73 Å². The number of aryl methyl sites for hydroxylation is 2. The predicted octanol–water partition coefficient (Wildman–Crippen LogP) is 6.16. The first-order valence-corrected chi connectivity index (χ1v) is 15.5. The number of nitrogens with two attached hydrogens (primary N) is 1. The van der Waals surface area contributed by atoms with Gasteiger partial charge in [0.05, 0.1) is 26.8 Å². The SMILES string of the molecule is CC(=O)N1CC(NC=O)C1.CCC(N)CC.CCc1ccc(-c2cc3nccc(Oc4ccc(NC)cc4C)c3s2)nc1. The number of pyridine rings is 2. The summed E-state index contributed by atoms with van der Waals surface area (Å²) in [6.45, 7) is 11.2. The fraction of sp³-hybridized carbons (Fsp3) is 0.394. The molecule has 0 aliphatic carbocycles.